The highest BCUT2D eigenvalue weighted by molar-refractivity contribution is 5.93. The zero-order chi connectivity index (χ0) is 18.2. The van der Waals surface area contributed by atoms with E-state index in [9.17, 15) is 8.78 Å². The molecule has 2 aromatic rings. The number of aliphatic imine (C=N–C) groups is 1. The normalized spacial score (nSPS) is 11.2. The van der Waals surface area contributed by atoms with E-state index in [2.05, 4.69) is 15.6 Å². The van der Waals surface area contributed by atoms with Gasteiger partial charge in [-0.1, -0.05) is 0 Å². The van der Waals surface area contributed by atoms with Crippen molar-refractivity contribution in [2.75, 3.05) is 26.1 Å². The molecule has 25 heavy (non-hydrogen) atoms. The number of guanidine groups is 1. The molecule has 0 aliphatic rings. The van der Waals surface area contributed by atoms with E-state index < -0.39 is 11.6 Å². The number of anilines is 1. The molecule has 0 amide bonds. The Labute approximate surface area is 145 Å². The van der Waals surface area contributed by atoms with E-state index in [-0.39, 0.29) is 12.1 Å². The Hall–Kier alpha value is -2.83. The highest BCUT2D eigenvalue weighted by Gasteiger charge is 2.08. The van der Waals surface area contributed by atoms with Crippen LogP contribution in [-0.2, 0) is 6.54 Å². The van der Waals surface area contributed by atoms with Crippen LogP contribution in [0.2, 0.25) is 0 Å². The molecule has 0 aromatic heterocycles. The van der Waals surface area contributed by atoms with Gasteiger partial charge in [-0.15, -0.1) is 0 Å². The van der Waals surface area contributed by atoms with Crippen molar-refractivity contribution in [2.24, 2.45) is 4.99 Å². The Kier molecular flexibility index (Phi) is 6.56. The zero-order valence-corrected chi connectivity index (χ0v) is 14.4. The number of methoxy groups -OCH3 is 1. The molecule has 0 spiro atoms. The van der Waals surface area contributed by atoms with Crippen molar-refractivity contribution >= 4 is 11.6 Å². The maximum Gasteiger partial charge on any atom is 0.195 e. The Morgan fingerprint density at radius 1 is 1.12 bits per heavy atom. The van der Waals surface area contributed by atoms with E-state index in [1.807, 2.05) is 13.0 Å². The largest absolute Gasteiger partial charge is 0.493 e. The summed E-state index contributed by atoms with van der Waals surface area (Å²) < 4.78 is 37.7. The van der Waals surface area contributed by atoms with Crippen LogP contribution in [0, 0.1) is 11.6 Å². The van der Waals surface area contributed by atoms with Gasteiger partial charge in [0.15, 0.2) is 17.5 Å². The molecule has 0 unspecified atom stereocenters. The average Bonchev–Trinajstić information content (AvgIpc) is 2.62. The van der Waals surface area contributed by atoms with Crippen molar-refractivity contribution in [1.82, 2.24) is 5.32 Å². The number of halogens is 2. The predicted molar refractivity (Wildman–Crippen MR) is 94.3 cm³/mol. The van der Waals surface area contributed by atoms with Gasteiger partial charge >= 0.3 is 0 Å². The van der Waals surface area contributed by atoms with E-state index in [0.29, 0.717) is 29.8 Å². The lowest BCUT2D eigenvalue weighted by Gasteiger charge is -2.15. The van der Waals surface area contributed by atoms with Gasteiger partial charge in [0.1, 0.15) is 11.6 Å². The fraction of sp³-hybridized carbons (Fsp3) is 0.278. The molecule has 7 heteroatoms. The van der Waals surface area contributed by atoms with E-state index in [0.717, 1.165) is 18.2 Å². The molecular weight excluding hydrogens is 328 g/mol. The van der Waals surface area contributed by atoms with Crippen molar-refractivity contribution in [3.63, 3.8) is 0 Å². The summed E-state index contributed by atoms with van der Waals surface area (Å²) in [7, 11) is 3.14. The van der Waals surface area contributed by atoms with Crippen molar-refractivity contribution < 1.29 is 18.3 Å². The minimum atomic E-state index is -0.489. The first-order valence-corrected chi connectivity index (χ1v) is 7.79. The number of hydrogen-bond acceptors (Lipinski definition) is 3. The lowest BCUT2D eigenvalue weighted by molar-refractivity contribution is 0.311. The lowest BCUT2D eigenvalue weighted by Crippen LogP contribution is -2.30. The summed E-state index contributed by atoms with van der Waals surface area (Å²) >= 11 is 0. The van der Waals surface area contributed by atoms with Crippen LogP contribution in [0.15, 0.2) is 41.4 Å². The number of benzene rings is 2. The van der Waals surface area contributed by atoms with Crippen LogP contribution in [0.4, 0.5) is 14.5 Å². The van der Waals surface area contributed by atoms with Crippen LogP contribution >= 0.6 is 0 Å². The zero-order valence-electron chi connectivity index (χ0n) is 14.4. The molecule has 0 saturated heterocycles. The van der Waals surface area contributed by atoms with Gasteiger partial charge in [-0.25, -0.2) is 8.78 Å². The molecule has 0 aliphatic carbocycles. The van der Waals surface area contributed by atoms with Crippen LogP contribution in [0.1, 0.15) is 12.5 Å². The molecule has 2 aromatic carbocycles. The summed E-state index contributed by atoms with van der Waals surface area (Å²) in [5.74, 6) is 0.665. The number of rotatable bonds is 6. The first-order valence-electron chi connectivity index (χ1n) is 7.79. The van der Waals surface area contributed by atoms with Crippen LogP contribution < -0.4 is 20.1 Å². The quantitative estimate of drug-likeness (QED) is 0.618. The second kappa shape index (κ2) is 8.86. The monoisotopic (exact) mass is 349 g/mol. The van der Waals surface area contributed by atoms with Gasteiger partial charge in [0.25, 0.3) is 0 Å². The molecule has 134 valence electrons. The van der Waals surface area contributed by atoms with Gasteiger partial charge in [-0.2, -0.15) is 0 Å². The fourth-order valence-electron chi connectivity index (χ4n) is 2.19. The molecule has 0 saturated carbocycles. The molecule has 2 rings (SSSR count). The Bertz CT molecular complexity index is 751. The molecular formula is C18H21F2N3O2. The molecule has 0 radical (unpaired) electrons. The summed E-state index contributed by atoms with van der Waals surface area (Å²) in [6.45, 7) is 2.52. The third-order valence-electron chi connectivity index (χ3n) is 3.40. The summed E-state index contributed by atoms with van der Waals surface area (Å²) in [6, 6.07) is 8.68. The second-order valence-electron chi connectivity index (χ2n) is 5.09. The molecule has 5 nitrogen and oxygen atoms in total. The van der Waals surface area contributed by atoms with Crippen LogP contribution in [0.5, 0.6) is 11.5 Å². The highest BCUT2D eigenvalue weighted by atomic mass is 19.1. The van der Waals surface area contributed by atoms with Crippen LogP contribution in [0.3, 0.4) is 0 Å². The van der Waals surface area contributed by atoms with Crippen molar-refractivity contribution in [1.29, 1.82) is 0 Å². The van der Waals surface area contributed by atoms with Gasteiger partial charge in [-0.3, -0.25) is 4.99 Å². The van der Waals surface area contributed by atoms with Gasteiger partial charge < -0.3 is 20.1 Å². The minimum Gasteiger partial charge on any atom is -0.493 e. The van der Waals surface area contributed by atoms with Crippen LogP contribution in [-0.4, -0.2) is 26.7 Å². The van der Waals surface area contributed by atoms with Crippen LogP contribution in [0.25, 0.3) is 0 Å². The topological polar surface area (TPSA) is 54.9 Å². The Balaban J connectivity index is 2.06. The molecule has 0 heterocycles. The molecule has 0 bridgehead atoms. The predicted octanol–water partition coefficient (Wildman–Crippen LogP) is 3.56. The van der Waals surface area contributed by atoms with Gasteiger partial charge in [-0.05, 0) is 37.3 Å². The third kappa shape index (κ3) is 5.07. The van der Waals surface area contributed by atoms with Crippen molar-refractivity contribution in [2.45, 2.75) is 13.5 Å². The summed E-state index contributed by atoms with van der Waals surface area (Å²) in [6.07, 6.45) is 0. The summed E-state index contributed by atoms with van der Waals surface area (Å²) in [5.41, 5.74) is 0.931. The number of nitrogens with one attached hydrogen (secondary N) is 2. The number of hydrogen-bond donors (Lipinski definition) is 2. The number of nitrogens with zero attached hydrogens (tertiary/aromatic N) is 1. The standard InChI is InChI=1S/C18H21F2N3O2/c1-4-25-16-8-6-14(10-17(16)24-3)23-18(21-2)22-11-12-9-13(19)5-7-15(12)20/h5-10H,4,11H2,1-3H3,(H2,21,22,23). The minimum absolute atomic E-state index is 0.0947. The van der Waals surface area contributed by atoms with Gasteiger partial charge in [0, 0.05) is 30.9 Å². The van der Waals surface area contributed by atoms with E-state index in [1.165, 1.54) is 0 Å². The first kappa shape index (κ1) is 18.5. The Morgan fingerprint density at radius 3 is 2.60 bits per heavy atom. The van der Waals surface area contributed by atoms with Gasteiger partial charge in [0.05, 0.1) is 13.7 Å². The second-order valence-corrected chi connectivity index (χ2v) is 5.09. The third-order valence-corrected chi connectivity index (χ3v) is 3.40. The smallest absolute Gasteiger partial charge is 0.195 e. The van der Waals surface area contributed by atoms with Gasteiger partial charge in [0.2, 0.25) is 0 Å². The average molecular weight is 349 g/mol. The number of ether oxygens (including phenoxy) is 2. The Morgan fingerprint density at radius 2 is 1.92 bits per heavy atom. The summed E-state index contributed by atoms with van der Waals surface area (Å²) in [5, 5.41) is 6.00. The maximum absolute atomic E-state index is 13.7. The molecule has 2 N–H and O–H groups in total. The first-order chi connectivity index (χ1) is 12.1. The fourth-order valence-corrected chi connectivity index (χ4v) is 2.19. The summed E-state index contributed by atoms with van der Waals surface area (Å²) in [4.78, 5) is 4.07. The van der Waals surface area contributed by atoms with E-state index in [1.54, 1.807) is 26.3 Å². The molecule has 0 atom stereocenters. The van der Waals surface area contributed by atoms with Crippen molar-refractivity contribution in [3.8, 4) is 11.5 Å². The molecule has 0 fully saturated rings. The SMILES string of the molecule is CCOc1ccc(NC(=NC)NCc2cc(F)ccc2F)cc1OC. The highest BCUT2D eigenvalue weighted by Crippen LogP contribution is 2.30. The lowest BCUT2D eigenvalue weighted by atomic mass is 10.2. The maximum atomic E-state index is 13.7. The molecule has 0 aliphatic heterocycles. The van der Waals surface area contributed by atoms with E-state index >= 15 is 0 Å². The van der Waals surface area contributed by atoms with Crippen molar-refractivity contribution in [3.05, 3.63) is 53.6 Å². The van der Waals surface area contributed by atoms with E-state index in [4.69, 9.17) is 9.47 Å².